The van der Waals surface area contributed by atoms with Crippen LogP contribution in [0.1, 0.15) is 64.9 Å². The van der Waals surface area contributed by atoms with Gasteiger partial charge in [-0.05, 0) is 51.5 Å². The van der Waals surface area contributed by atoms with Crippen molar-refractivity contribution in [1.82, 2.24) is 10.2 Å². The largest absolute Gasteiger partial charge is 0.444 e. The molecular weight excluding hydrogens is 340 g/mol. The van der Waals surface area contributed by atoms with E-state index in [2.05, 4.69) is 24.4 Å². The number of ether oxygens (including phenoxy) is 1. The van der Waals surface area contributed by atoms with Gasteiger partial charge in [0.2, 0.25) is 5.91 Å². The minimum Gasteiger partial charge on any atom is -0.444 e. The fourth-order valence-electron chi connectivity index (χ4n) is 3.44. The molecule has 1 aromatic rings. The molecule has 1 aliphatic rings. The van der Waals surface area contributed by atoms with Crippen LogP contribution in [-0.4, -0.2) is 42.1 Å². The summed E-state index contributed by atoms with van der Waals surface area (Å²) in [5.41, 5.74) is 0.800. The Morgan fingerprint density at radius 1 is 1.19 bits per heavy atom. The first-order valence-electron chi connectivity index (χ1n) is 10.1. The molecule has 1 N–H and O–H groups in total. The highest BCUT2D eigenvalue weighted by molar-refractivity contribution is 5.76. The van der Waals surface area contributed by atoms with E-state index in [1.54, 1.807) is 4.90 Å². The van der Waals surface area contributed by atoms with Gasteiger partial charge < -0.3 is 15.0 Å². The molecule has 0 bridgehead atoms. The van der Waals surface area contributed by atoms with E-state index in [-0.39, 0.29) is 12.0 Å². The van der Waals surface area contributed by atoms with E-state index in [1.807, 2.05) is 39.0 Å². The molecule has 0 saturated carbocycles. The number of rotatable bonds is 6. The molecule has 1 atom stereocenters. The van der Waals surface area contributed by atoms with Crippen LogP contribution in [0.3, 0.4) is 0 Å². The highest BCUT2D eigenvalue weighted by Crippen LogP contribution is 2.23. The van der Waals surface area contributed by atoms with Gasteiger partial charge in [0, 0.05) is 32.0 Å². The van der Waals surface area contributed by atoms with Crippen molar-refractivity contribution in [3.8, 4) is 0 Å². The van der Waals surface area contributed by atoms with Crippen LogP contribution in [0.5, 0.6) is 0 Å². The zero-order valence-electron chi connectivity index (χ0n) is 17.2. The number of hydrogen-bond acceptors (Lipinski definition) is 3. The average Bonchev–Trinajstić information content (AvgIpc) is 2.62. The average molecular weight is 375 g/mol. The van der Waals surface area contributed by atoms with E-state index in [0.717, 1.165) is 19.3 Å². The lowest BCUT2D eigenvalue weighted by molar-refractivity contribution is -0.122. The van der Waals surface area contributed by atoms with Crippen molar-refractivity contribution in [2.75, 3.05) is 19.6 Å². The summed E-state index contributed by atoms with van der Waals surface area (Å²) in [6.07, 6.45) is 2.98. The standard InChI is InChI=1S/C22H34N2O3/c1-5-18(19-9-7-6-8-10-19)16-23-20(25)15-17-11-13-24(14-12-17)21(26)27-22(2,3)4/h6-10,17-18H,5,11-16H2,1-4H3,(H,23,25). The van der Waals surface area contributed by atoms with Crippen molar-refractivity contribution in [2.45, 2.75) is 64.9 Å². The monoisotopic (exact) mass is 374 g/mol. The van der Waals surface area contributed by atoms with Gasteiger partial charge in [0.1, 0.15) is 5.60 Å². The first-order chi connectivity index (χ1) is 12.8. The Morgan fingerprint density at radius 3 is 2.37 bits per heavy atom. The van der Waals surface area contributed by atoms with E-state index in [4.69, 9.17) is 4.74 Å². The summed E-state index contributed by atoms with van der Waals surface area (Å²) in [7, 11) is 0. The van der Waals surface area contributed by atoms with E-state index >= 15 is 0 Å². The summed E-state index contributed by atoms with van der Waals surface area (Å²) >= 11 is 0. The molecule has 1 saturated heterocycles. The molecule has 150 valence electrons. The Labute approximate surface area is 163 Å². The molecule has 2 amide bonds. The normalized spacial score (nSPS) is 16.7. The SMILES string of the molecule is CCC(CNC(=O)CC1CCN(C(=O)OC(C)(C)C)CC1)c1ccccc1. The Morgan fingerprint density at radius 2 is 1.81 bits per heavy atom. The third-order valence-electron chi connectivity index (χ3n) is 5.05. The first kappa shape index (κ1) is 21.3. The second kappa shape index (κ2) is 9.77. The van der Waals surface area contributed by atoms with Crippen LogP contribution in [0.4, 0.5) is 4.79 Å². The van der Waals surface area contributed by atoms with Crippen LogP contribution >= 0.6 is 0 Å². The summed E-state index contributed by atoms with van der Waals surface area (Å²) in [6.45, 7) is 9.78. The summed E-state index contributed by atoms with van der Waals surface area (Å²) in [4.78, 5) is 26.2. The number of likely N-dealkylation sites (tertiary alicyclic amines) is 1. The van der Waals surface area contributed by atoms with E-state index < -0.39 is 5.60 Å². The zero-order chi connectivity index (χ0) is 19.9. The molecule has 1 heterocycles. The second-order valence-corrected chi connectivity index (χ2v) is 8.43. The quantitative estimate of drug-likeness (QED) is 0.806. The molecular formula is C22H34N2O3. The topological polar surface area (TPSA) is 58.6 Å². The van der Waals surface area contributed by atoms with Crippen LogP contribution in [0.2, 0.25) is 0 Å². The van der Waals surface area contributed by atoms with Crippen LogP contribution < -0.4 is 5.32 Å². The number of hydrogen-bond donors (Lipinski definition) is 1. The Balaban J connectivity index is 1.72. The summed E-state index contributed by atoms with van der Waals surface area (Å²) in [5, 5.41) is 3.10. The van der Waals surface area contributed by atoms with Crippen molar-refractivity contribution in [2.24, 2.45) is 5.92 Å². The highest BCUT2D eigenvalue weighted by atomic mass is 16.6. The number of carbonyl (C=O) groups excluding carboxylic acids is 2. The molecule has 0 aromatic heterocycles. The lowest BCUT2D eigenvalue weighted by atomic mass is 9.93. The van der Waals surface area contributed by atoms with Crippen LogP contribution in [0.25, 0.3) is 0 Å². The molecule has 0 aliphatic carbocycles. The lowest BCUT2D eigenvalue weighted by Crippen LogP contribution is -2.42. The molecule has 0 spiro atoms. The van der Waals surface area contributed by atoms with Crippen LogP contribution in [0, 0.1) is 5.92 Å². The molecule has 5 nitrogen and oxygen atoms in total. The first-order valence-corrected chi connectivity index (χ1v) is 10.1. The van der Waals surface area contributed by atoms with Crippen LogP contribution in [-0.2, 0) is 9.53 Å². The Bertz CT molecular complexity index is 602. The Hall–Kier alpha value is -2.04. The summed E-state index contributed by atoms with van der Waals surface area (Å²) in [5.74, 6) is 0.796. The third kappa shape index (κ3) is 7.24. The molecule has 1 unspecified atom stereocenters. The maximum Gasteiger partial charge on any atom is 0.410 e. The lowest BCUT2D eigenvalue weighted by Gasteiger charge is -2.33. The van der Waals surface area contributed by atoms with Crippen molar-refractivity contribution in [3.05, 3.63) is 35.9 Å². The maximum absolute atomic E-state index is 12.3. The number of nitrogens with zero attached hydrogens (tertiary/aromatic N) is 1. The number of carbonyl (C=O) groups is 2. The van der Waals surface area contributed by atoms with Gasteiger partial charge >= 0.3 is 6.09 Å². The number of nitrogens with one attached hydrogen (secondary N) is 1. The van der Waals surface area contributed by atoms with E-state index in [9.17, 15) is 9.59 Å². The predicted molar refractivity (Wildman–Crippen MR) is 108 cm³/mol. The highest BCUT2D eigenvalue weighted by Gasteiger charge is 2.27. The third-order valence-corrected chi connectivity index (χ3v) is 5.05. The minimum absolute atomic E-state index is 0.111. The van der Waals surface area contributed by atoms with Crippen LogP contribution in [0.15, 0.2) is 30.3 Å². The Kier molecular flexibility index (Phi) is 7.69. The summed E-state index contributed by atoms with van der Waals surface area (Å²) in [6, 6.07) is 10.3. The van der Waals surface area contributed by atoms with E-state index in [1.165, 1.54) is 5.56 Å². The molecule has 5 heteroatoms. The fraction of sp³-hybridized carbons (Fsp3) is 0.636. The fourth-order valence-corrected chi connectivity index (χ4v) is 3.44. The minimum atomic E-state index is -0.470. The molecule has 1 aliphatic heterocycles. The predicted octanol–water partition coefficient (Wildman–Crippen LogP) is 4.33. The van der Waals surface area contributed by atoms with Gasteiger partial charge in [0.05, 0.1) is 0 Å². The molecule has 27 heavy (non-hydrogen) atoms. The maximum atomic E-state index is 12.3. The van der Waals surface area contributed by atoms with E-state index in [0.29, 0.717) is 37.9 Å². The van der Waals surface area contributed by atoms with Gasteiger partial charge in [-0.3, -0.25) is 4.79 Å². The van der Waals surface area contributed by atoms with Gasteiger partial charge in [0.25, 0.3) is 0 Å². The second-order valence-electron chi connectivity index (χ2n) is 8.43. The smallest absolute Gasteiger partial charge is 0.410 e. The molecule has 1 fully saturated rings. The zero-order valence-corrected chi connectivity index (χ0v) is 17.2. The van der Waals surface area contributed by atoms with Gasteiger partial charge in [-0.25, -0.2) is 4.79 Å². The van der Waals surface area contributed by atoms with Crippen molar-refractivity contribution < 1.29 is 14.3 Å². The number of benzene rings is 1. The van der Waals surface area contributed by atoms with Crippen molar-refractivity contribution in [3.63, 3.8) is 0 Å². The van der Waals surface area contributed by atoms with Crippen molar-refractivity contribution >= 4 is 12.0 Å². The number of amides is 2. The summed E-state index contributed by atoms with van der Waals surface area (Å²) < 4.78 is 5.42. The molecule has 2 rings (SSSR count). The molecule has 0 radical (unpaired) electrons. The molecule has 1 aromatic carbocycles. The number of piperidine rings is 1. The van der Waals surface area contributed by atoms with Gasteiger partial charge in [-0.2, -0.15) is 0 Å². The van der Waals surface area contributed by atoms with Gasteiger partial charge in [0.15, 0.2) is 0 Å². The van der Waals surface area contributed by atoms with Gasteiger partial charge in [-0.15, -0.1) is 0 Å². The van der Waals surface area contributed by atoms with Crippen molar-refractivity contribution in [1.29, 1.82) is 0 Å². The van der Waals surface area contributed by atoms with Gasteiger partial charge in [-0.1, -0.05) is 37.3 Å².